The van der Waals surface area contributed by atoms with Crippen molar-refractivity contribution in [1.82, 2.24) is 10.6 Å². The lowest BCUT2D eigenvalue weighted by molar-refractivity contribution is -0.124. The predicted molar refractivity (Wildman–Crippen MR) is 90.4 cm³/mol. The Balaban J connectivity index is 1.52. The molecule has 6 heteroatoms. The average Bonchev–Trinajstić information content (AvgIpc) is 3.20. The van der Waals surface area contributed by atoms with Crippen LogP contribution in [0.5, 0.6) is 0 Å². The van der Waals surface area contributed by atoms with E-state index >= 15 is 0 Å². The van der Waals surface area contributed by atoms with E-state index in [0.29, 0.717) is 19.2 Å². The number of aliphatic imine (C=N–C) groups is 1. The fourth-order valence-electron chi connectivity index (χ4n) is 2.57. The summed E-state index contributed by atoms with van der Waals surface area (Å²) in [6, 6.07) is 8.41. The van der Waals surface area contributed by atoms with Crippen molar-refractivity contribution in [1.29, 1.82) is 0 Å². The zero-order chi connectivity index (χ0) is 16.1. The number of amides is 1. The van der Waals surface area contributed by atoms with Gasteiger partial charge < -0.3 is 20.7 Å². The SMILES string of the molecule is CN=C(NCc1cccc(NC(=O)C2CCCO2)c1)NC1CC1. The highest BCUT2D eigenvalue weighted by Gasteiger charge is 2.23. The van der Waals surface area contributed by atoms with Crippen molar-refractivity contribution in [2.45, 2.75) is 44.4 Å². The Kier molecular flexibility index (Phi) is 5.12. The predicted octanol–water partition coefficient (Wildman–Crippen LogP) is 1.63. The number of guanidine groups is 1. The van der Waals surface area contributed by atoms with Crippen LogP contribution in [0.1, 0.15) is 31.2 Å². The summed E-state index contributed by atoms with van der Waals surface area (Å²) in [6.07, 6.45) is 3.88. The zero-order valence-corrected chi connectivity index (χ0v) is 13.5. The van der Waals surface area contributed by atoms with Crippen LogP contribution in [0.3, 0.4) is 0 Å². The quantitative estimate of drug-likeness (QED) is 0.570. The standard InChI is InChI=1S/C17H24N4O2/c1-18-17(21-13-7-8-13)19-11-12-4-2-5-14(10-12)20-16(22)15-6-3-9-23-15/h2,4-5,10,13,15H,3,6-9,11H2,1H3,(H,20,22)(H2,18,19,21). The van der Waals surface area contributed by atoms with Gasteiger partial charge in [-0.3, -0.25) is 9.79 Å². The summed E-state index contributed by atoms with van der Waals surface area (Å²) in [6.45, 7) is 1.34. The van der Waals surface area contributed by atoms with Crippen molar-refractivity contribution in [2.24, 2.45) is 4.99 Å². The van der Waals surface area contributed by atoms with E-state index in [1.165, 1.54) is 12.8 Å². The topological polar surface area (TPSA) is 74.8 Å². The van der Waals surface area contributed by atoms with Gasteiger partial charge in [-0.05, 0) is 43.4 Å². The molecule has 6 nitrogen and oxygen atoms in total. The van der Waals surface area contributed by atoms with Crippen LogP contribution in [0.25, 0.3) is 0 Å². The lowest BCUT2D eigenvalue weighted by atomic mass is 10.2. The third-order valence-electron chi connectivity index (χ3n) is 4.02. The van der Waals surface area contributed by atoms with E-state index in [1.54, 1.807) is 7.05 Å². The molecule has 3 N–H and O–H groups in total. The highest BCUT2D eigenvalue weighted by Crippen LogP contribution is 2.18. The molecule has 1 saturated heterocycles. The number of benzene rings is 1. The largest absolute Gasteiger partial charge is 0.368 e. The summed E-state index contributed by atoms with van der Waals surface area (Å²) in [4.78, 5) is 16.3. The Morgan fingerprint density at radius 3 is 2.91 bits per heavy atom. The summed E-state index contributed by atoms with van der Waals surface area (Å²) in [7, 11) is 1.77. The van der Waals surface area contributed by atoms with Crippen molar-refractivity contribution in [3.8, 4) is 0 Å². The minimum Gasteiger partial charge on any atom is -0.368 e. The molecule has 1 aliphatic carbocycles. The van der Waals surface area contributed by atoms with E-state index in [4.69, 9.17) is 4.74 Å². The third kappa shape index (κ3) is 4.69. The second-order valence-electron chi connectivity index (χ2n) is 6.04. The maximum atomic E-state index is 12.1. The van der Waals surface area contributed by atoms with Crippen LogP contribution in [-0.2, 0) is 16.1 Å². The van der Waals surface area contributed by atoms with Gasteiger partial charge in [-0.25, -0.2) is 0 Å². The molecule has 1 atom stereocenters. The van der Waals surface area contributed by atoms with Crippen LogP contribution >= 0.6 is 0 Å². The molecule has 1 saturated carbocycles. The van der Waals surface area contributed by atoms with Gasteiger partial charge in [0.25, 0.3) is 5.91 Å². The van der Waals surface area contributed by atoms with E-state index in [-0.39, 0.29) is 12.0 Å². The third-order valence-corrected chi connectivity index (χ3v) is 4.02. The summed E-state index contributed by atoms with van der Waals surface area (Å²) in [5.74, 6) is 0.764. The second kappa shape index (κ2) is 7.46. The average molecular weight is 316 g/mol. The normalized spacial score (nSPS) is 21.1. The van der Waals surface area contributed by atoms with E-state index in [2.05, 4.69) is 20.9 Å². The van der Waals surface area contributed by atoms with Crippen molar-refractivity contribution < 1.29 is 9.53 Å². The molecule has 3 rings (SSSR count). The van der Waals surface area contributed by atoms with Gasteiger partial charge in [-0.1, -0.05) is 12.1 Å². The number of hydrogen-bond acceptors (Lipinski definition) is 3. The highest BCUT2D eigenvalue weighted by atomic mass is 16.5. The van der Waals surface area contributed by atoms with E-state index in [0.717, 1.165) is 30.1 Å². The number of hydrogen-bond donors (Lipinski definition) is 3. The number of nitrogens with one attached hydrogen (secondary N) is 3. The molecule has 0 spiro atoms. The van der Waals surface area contributed by atoms with Gasteiger partial charge >= 0.3 is 0 Å². The monoisotopic (exact) mass is 316 g/mol. The lowest BCUT2D eigenvalue weighted by Gasteiger charge is -2.13. The molecule has 2 aliphatic rings. The Hall–Kier alpha value is -2.08. The minimum atomic E-state index is -0.307. The van der Waals surface area contributed by atoms with Gasteiger partial charge in [0.2, 0.25) is 0 Å². The number of anilines is 1. The molecule has 1 aromatic carbocycles. The van der Waals surface area contributed by atoms with Crippen LogP contribution in [0, 0.1) is 0 Å². The first-order chi connectivity index (χ1) is 11.2. The Morgan fingerprint density at radius 1 is 1.35 bits per heavy atom. The van der Waals surface area contributed by atoms with Crippen molar-refractivity contribution in [3.63, 3.8) is 0 Å². The van der Waals surface area contributed by atoms with Crippen LogP contribution in [-0.4, -0.2) is 37.7 Å². The Bertz CT molecular complexity index is 578. The maximum absolute atomic E-state index is 12.1. The molecule has 0 bridgehead atoms. The number of carbonyl (C=O) groups excluding carboxylic acids is 1. The first-order valence-corrected chi connectivity index (χ1v) is 8.23. The van der Waals surface area contributed by atoms with Gasteiger partial charge in [-0.2, -0.15) is 0 Å². The van der Waals surface area contributed by atoms with Crippen molar-refractivity contribution in [3.05, 3.63) is 29.8 Å². The summed E-state index contributed by atoms with van der Waals surface area (Å²) in [5.41, 5.74) is 1.89. The smallest absolute Gasteiger partial charge is 0.253 e. The Morgan fingerprint density at radius 2 is 2.22 bits per heavy atom. The molecule has 1 heterocycles. The molecule has 1 aliphatic heterocycles. The number of ether oxygens (including phenoxy) is 1. The van der Waals surface area contributed by atoms with Gasteiger partial charge in [0, 0.05) is 31.9 Å². The van der Waals surface area contributed by atoms with E-state index in [9.17, 15) is 4.79 Å². The second-order valence-corrected chi connectivity index (χ2v) is 6.04. The number of nitrogens with zero attached hydrogens (tertiary/aromatic N) is 1. The van der Waals surface area contributed by atoms with Gasteiger partial charge in [0.15, 0.2) is 5.96 Å². The molecule has 1 amide bonds. The molecule has 1 aromatic rings. The first-order valence-electron chi connectivity index (χ1n) is 8.23. The molecule has 2 fully saturated rings. The molecular weight excluding hydrogens is 292 g/mol. The van der Waals surface area contributed by atoms with E-state index in [1.807, 2.05) is 24.3 Å². The molecule has 0 aromatic heterocycles. The molecule has 0 radical (unpaired) electrons. The fourth-order valence-corrected chi connectivity index (χ4v) is 2.57. The van der Waals surface area contributed by atoms with Crippen LogP contribution in [0.2, 0.25) is 0 Å². The molecule has 124 valence electrons. The number of rotatable bonds is 5. The minimum absolute atomic E-state index is 0.0566. The highest BCUT2D eigenvalue weighted by molar-refractivity contribution is 5.94. The summed E-state index contributed by atoms with van der Waals surface area (Å²) >= 11 is 0. The van der Waals surface area contributed by atoms with Crippen molar-refractivity contribution in [2.75, 3.05) is 19.0 Å². The van der Waals surface area contributed by atoms with Crippen molar-refractivity contribution >= 4 is 17.6 Å². The molecule has 1 unspecified atom stereocenters. The van der Waals surface area contributed by atoms with E-state index < -0.39 is 0 Å². The molecular formula is C17H24N4O2. The maximum Gasteiger partial charge on any atom is 0.253 e. The van der Waals surface area contributed by atoms with Gasteiger partial charge in [-0.15, -0.1) is 0 Å². The number of carbonyl (C=O) groups is 1. The summed E-state index contributed by atoms with van der Waals surface area (Å²) in [5, 5.41) is 9.57. The van der Waals surface area contributed by atoms with Gasteiger partial charge in [0.05, 0.1) is 0 Å². The van der Waals surface area contributed by atoms with Crippen LogP contribution in [0.4, 0.5) is 5.69 Å². The van der Waals surface area contributed by atoms with Crippen LogP contribution in [0.15, 0.2) is 29.3 Å². The molecule has 23 heavy (non-hydrogen) atoms. The first kappa shape index (κ1) is 15.8. The fraction of sp³-hybridized carbons (Fsp3) is 0.529. The Labute approximate surface area is 136 Å². The summed E-state index contributed by atoms with van der Waals surface area (Å²) < 4.78 is 5.41. The zero-order valence-electron chi connectivity index (χ0n) is 13.5. The van der Waals surface area contributed by atoms with Crippen LogP contribution < -0.4 is 16.0 Å². The lowest BCUT2D eigenvalue weighted by Crippen LogP contribution is -2.38. The van der Waals surface area contributed by atoms with Gasteiger partial charge in [0.1, 0.15) is 6.10 Å².